The molecule has 9 heteroatoms. The Bertz CT molecular complexity index is 705. The molecule has 0 heterocycles. The number of hydrogen-bond donors (Lipinski definition) is 3. The topological polar surface area (TPSA) is 119 Å². The fourth-order valence-electron chi connectivity index (χ4n) is 5.75. The van der Waals surface area contributed by atoms with Crippen molar-refractivity contribution in [3.8, 4) is 0 Å². The molecular formula is C35H72NO7P. The molecule has 0 aliphatic heterocycles. The van der Waals surface area contributed by atoms with Crippen molar-refractivity contribution in [2.45, 2.75) is 173 Å². The molecule has 0 aliphatic carbocycles. The number of nitrogens with zero attached hydrogens (tertiary/aromatic N) is 1. The van der Waals surface area contributed by atoms with Crippen LogP contribution in [0.3, 0.4) is 0 Å². The Morgan fingerprint density at radius 1 is 0.705 bits per heavy atom. The number of quaternary nitrogens is 1. The fourth-order valence-corrected chi connectivity index (χ4v) is 7.63. The number of aliphatic hydroxyl groups is 3. The van der Waals surface area contributed by atoms with Gasteiger partial charge in [-0.2, -0.15) is 0 Å². The zero-order valence-corrected chi connectivity index (χ0v) is 30.0. The molecule has 0 aliphatic rings. The first-order valence-electron chi connectivity index (χ1n) is 18.1. The molecule has 0 bridgehead atoms. The average Bonchev–Trinajstić information content (AvgIpc) is 2.97. The van der Waals surface area contributed by atoms with Crippen LogP contribution >= 0.6 is 7.60 Å². The van der Waals surface area contributed by atoms with Crippen LogP contribution < -0.4 is 4.89 Å². The highest BCUT2D eigenvalue weighted by Gasteiger charge is 2.37. The van der Waals surface area contributed by atoms with Crippen LogP contribution in [0.25, 0.3) is 0 Å². The van der Waals surface area contributed by atoms with E-state index in [2.05, 4.69) is 19.1 Å². The van der Waals surface area contributed by atoms with E-state index in [4.69, 9.17) is 19.5 Å². The Morgan fingerprint density at radius 3 is 1.61 bits per heavy atom. The number of ether oxygens (including phenoxy) is 1. The van der Waals surface area contributed by atoms with Gasteiger partial charge in [0.25, 0.3) is 0 Å². The van der Waals surface area contributed by atoms with Crippen molar-refractivity contribution in [1.29, 1.82) is 0 Å². The van der Waals surface area contributed by atoms with E-state index in [1.54, 1.807) is 21.0 Å². The van der Waals surface area contributed by atoms with E-state index in [1.165, 1.54) is 116 Å². The van der Waals surface area contributed by atoms with Gasteiger partial charge in [0, 0.05) is 19.4 Å². The third-order valence-electron chi connectivity index (χ3n) is 8.56. The van der Waals surface area contributed by atoms with Crippen molar-refractivity contribution in [1.82, 2.24) is 0 Å². The van der Waals surface area contributed by atoms with Crippen molar-refractivity contribution in [3.05, 3.63) is 12.2 Å². The number of unbranched alkanes of at least 4 members (excludes halogenated alkanes) is 18. The Hall–Kier alpha value is -0.310. The maximum atomic E-state index is 12.8. The van der Waals surface area contributed by atoms with Gasteiger partial charge in [-0.05, 0) is 32.1 Å². The fraction of sp³-hybridized carbons (Fsp3) is 0.943. The number of allylic oxidation sites excluding steroid dienone is 2. The van der Waals surface area contributed by atoms with E-state index in [9.17, 15) is 14.6 Å². The summed E-state index contributed by atoms with van der Waals surface area (Å²) < 4.78 is 23.5. The lowest BCUT2D eigenvalue weighted by atomic mass is 10.0. The SMILES string of the molecule is CCCCCCCCCCCCC/C=C\CCCCCCCCCOC[C@@H](O)COP(=O)([O-])C(CC)[N+](C)(C)CCC(O)O. The van der Waals surface area contributed by atoms with Crippen molar-refractivity contribution in [2.75, 3.05) is 40.5 Å². The van der Waals surface area contributed by atoms with Gasteiger partial charge in [0.05, 0.1) is 33.9 Å². The van der Waals surface area contributed by atoms with Gasteiger partial charge in [0.15, 0.2) is 19.7 Å². The van der Waals surface area contributed by atoms with Crippen LogP contribution in [0.5, 0.6) is 0 Å². The average molecular weight is 650 g/mol. The predicted molar refractivity (Wildman–Crippen MR) is 181 cm³/mol. The van der Waals surface area contributed by atoms with Gasteiger partial charge in [-0.15, -0.1) is 0 Å². The van der Waals surface area contributed by atoms with Gasteiger partial charge < -0.3 is 38.5 Å². The molecule has 0 rings (SSSR count). The second kappa shape index (κ2) is 28.9. The van der Waals surface area contributed by atoms with Gasteiger partial charge in [-0.3, -0.25) is 0 Å². The molecule has 3 N–H and O–H groups in total. The van der Waals surface area contributed by atoms with Crippen LogP contribution in [0.15, 0.2) is 12.2 Å². The molecule has 0 saturated carbocycles. The van der Waals surface area contributed by atoms with Crippen molar-refractivity contribution in [2.24, 2.45) is 0 Å². The molecular weight excluding hydrogens is 577 g/mol. The second-order valence-electron chi connectivity index (χ2n) is 13.3. The van der Waals surface area contributed by atoms with E-state index in [-0.39, 0.29) is 30.7 Å². The Kier molecular flexibility index (Phi) is 28.7. The quantitative estimate of drug-likeness (QED) is 0.0218. The molecule has 3 atom stereocenters. The lowest BCUT2D eigenvalue weighted by Crippen LogP contribution is -2.51. The van der Waals surface area contributed by atoms with Crippen molar-refractivity contribution >= 4 is 7.60 Å². The Morgan fingerprint density at radius 2 is 1.16 bits per heavy atom. The molecule has 8 nitrogen and oxygen atoms in total. The summed E-state index contributed by atoms with van der Waals surface area (Å²) >= 11 is 0. The molecule has 0 saturated heterocycles. The summed E-state index contributed by atoms with van der Waals surface area (Å²) in [4.78, 5) is 12.8. The highest BCUT2D eigenvalue weighted by Crippen LogP contribution is 2.48. The minimum absolute atomic E-state index is 0.0402. The minimum atomic E-state index is -4.28. The molecule has 264 valence electrons. The summed E-state index contributed by atoms with van der Waals surface area (Å²) in [5, 5.41) is 28.4. The summed E-state index contributed by atoms with van der Waals surface area (Å²) in [6.07, 6.45) is 28.8. The highest BCUT2D eigenvalue weighted by molar-refractivity contribution is 7.51. The molecule has 0 aromatic rings. The van der Waals surface area contributed by atoms with Crippen LogP contribution in [0, 0.1) is 0 Å². The van der Waals surface area contributed by atoms with Crippen LogP contribution in [0.1, 0.15) is 155 Å². The Balaban J connectivity index is 3.62. The summed E-state index contributed by atoms with van der Waals surface area (Å²) in [5.41, 5.74) is 0. The predicted octanol–water partition coefficient (Wildman–Crippen LogP) is 7.83. The number of rotatable bonds is 33. The zero-order chi connectivity index (χ0) is 32.9. The van der Waals surface area contributed by atoms with Crippen molar-refractivity contribution in [3.63, 3.8) is 0 Å². The van der Waals surface area contributed by atoms with Gasteiger partial charge in [-0.25, -0.2) is 0 Å². The van der Waals surface area contributed by atoms with Crippen molar-refractivity contribution < 1.29 is 38.5 Å². The smallest absolute Gasteiger partial charge is 0.193 e. The molecule has 0 aromatic heterocycles. The van der Waals surface area contributed by atoms with Crippen LogP contribution in [0.4, 0.5) is 0 Å². The number of hydrogen-bond acceptors (Lipinski definition) is 7. The molecule has 44 heavy (non-hydrogen) atoms. The highest BCUT2D eigenvalue weighted by atomic mass is 31.2. The van der Waals surface area contributed by atoms with Gasteiger partial charge in [-0.1, -0.05) is 122 Å². The zero-order valence-electron chi connectivity index (χ0n) is 29.1. The lowest BCUT2D eigenvalue weighted by Gasteiger charge is -2.43. The molecule has 0 radical (unpaired) electrons. The van der Waals surface area contributed by atoms with E-state index < -0.39 is 25.8 Å². The first kappa shape index (κ1) is 43.7. The summed E-state index contributed by atoms with van der Waals surface area (Å²) in [6, 6.07) is 0. The number of aliphatic hydroxyl groups excluding tert-OH is 2. The van der Waals surface area contributed by atoms with E-state index in [0.29, 0.717) is 13.0 Å². The van der Waals surface area contributed by atoms with Gasteiger partial charge in [0.1, 0.15) is 6.10 Å². The first-order valence-corrected chi connectivity index (χ1v) is 19.7. The first-order chi connectivity index (χ1) is 21.1. The molecule has 0 fully saturated rings. The molecule has 2 unspecified atom stereocenters. The Labute approximate surface area is 271 Å². The minimum Gasteiger partial charge on any atom is -0.774 e. The van der Waals surface area contributed by atoms with Gasteiger partial charge in [0.2, 0.25) is 0 Å². The maximum absolute atomic E-state index is 12.8. The van der Waals surface area contributed by atoms with Crippen LogP contribution in [-0.4, -0.2) is 78.4 Å². The molecule has 0 amide bonds. The second-order valence-corrected chi connectivity index (χ2v) is 15.2. The largest absolute Gasteiger partial charge is 0.774 e. The van der Waals surface area contributed by atoms with Crippen LogP contribution in [0.2, 0.25) is 0 Å². The molecule has 0 spiro atoms. The van der Waals surface area contributed by atoms with Gasteiger partial charge >= 0.3 is 0 Å². The van der Waals surface area contributed by atoms with E-state index >= 15 is 0 Å². The standard InChI is InChI=1S/C35H72NO7P/c1-5-7-8-9-10-11-12-13-14-15-16-17-18-19-20-21-22-23-24-25-26-27-30-42-31-33(37)32-43-44(40,41)34(6-2)36(3,4)29-28-35(38)39/h18-19,33-35,37-39H,5-17,20-32H2,1-4H3/b19-18-/t33-,34?/m1/s1. The van der Waals surface area contributed by atoms with Crippen LogP contribution in [-0.2, 0) is 13.8 Å². The lowest BCUT2D eigenvalue weighted by molar-refractivity contribution is -0.904. The molecule has 0 aromatic carbocycles. The third-order valence-corrected chi connectivity index (χ3v) is 10.8. The normalized spacial score (nSPS) is 15.3. The van der Waals surface area contributed by atoms with E-state index in [1.807, 2.05) is 0 Å². The summed E-state index contributed by atoms with van der Waals surface area (Å²) in [6.45, 7) is 4.55. The summed E-state index contributed by atoms with van der Waals surface area (Å²) in [5.74, 6) is -0.838. The monoisotopic (exact) mass is 650 g/mol. The van der Waals surface area contributed by atoms with E-state index in [0.717, 1.165) is 12.8 Å². The summed E-state index contributed by atoms with van der Waals surface area (Å²) in [7, 11) is -0.832. The third kappa shape index (κ3) is 25.8. The maximum Gasteiger partial charge on any atom is 0.193 e.